The number of hydrogen-bond acceptors (Lipinski definition) is 2. The first-order chi connectivity index (χ1) is 9.65. The summed E-state index contributed by atoms with van der Waals surface area (Å²) in [5.41, 5.74) is 1.82. The molecule has 2 aromatic carbocycles. The van der Waals surface area contributed by atoms with E-state index in [9.17, 15) is 9.18 Å². The lowest BCUT2D eigenvalue weighted by Crippen LogP contribution is -2.14. The second kappa shape index (κ2) is 4.77. The number of benzene rings is 2. The van der Waals surface area contributed by atoms with Crippen molar-refractivity contribution >= 4 is 22.9 Å². The number of fused-ring (bicyclic) bond motifs is 1. The van der Waals surface area contributed by atoms with Crippen LogP contribution >= 0.6 is 0 Å². The fraction of sp³-hybridized carbons (Fsp3) is 0.0667. The van der Waals surface area contributed by atoms with Crippen molar-refractivity contribution in [2.24, 2.45) is 7.05 Å². The fourth-order valence-electron chi connectivity index (χ4n) is 2.05. The Bertz CT molecular complexity index is 780. The number of aromatic nitrogens is 2. The Morgan fingerprint density at radius 1 is 1.20 bits per heavy atom. The minimum Gasteiger partial charge on any atom is -0.313 e. The molecule has 5 heteroatoms. The van der Waals surface area contributed by atoms with Crippen molar-refractivity contribution in [1.29, 1.82) is 0 Å². The molecule has 3 rings (SSSR count). The molecule has 0 radical (unpaired) electrons. The van der Waals surface area contributed by atoms with E-state index in [2.05, 4.69) is 10.3 Å². The molecule has 4 nitrogen and oxygen atoms in total. The summed E-state index contributed by atoms with van der Waals surface area (Å²) in [6, 6.07) is 13.2. The van der Waals surface area contributed by atoms with Crippen LogP contribution in [0.5, 0.6) is 0 Å². The Kier molecular flexibility index (Phi) is 2.95. The zero-order valence-corrected chi connectivity index (χ0v) is 10.8. The predicted octanol–water partition coefficient (Wildman–Crippen LogP) is 2.96. The molecule has 0 saturated carbocycles. The third-order valence-electron chi connectivity index (χ3n) is 3.10. The maximum absolute atomic E-state index is 13.2. The fourth-order valence-corrected chi connectivity index (χ4v) is 2.05. The van der Waals surface area contributed by atoms with Gasteiger partial charge in [0.25, 0.3) is 5.91 Å². The lowest BCUT2D eigenvalue weighted by atomic mass is 10.2. The van der Waals surface area contributed by atoms with Crippen LogP contribution in [0.25, 0.3) is 11.0 Å². The Morgan fingerprint density at radius 3 is 2.70 bits per heavy atom. The van der Waals surface area contributed by atoms with Crippen LogP contribution in [0.2, 0.25) is 0 Å². The van der Waals surface area contributed by atoms with Crippen LogP contribution in [0.1, 0.15) is 10.4 Å². The summed E-state index contributed by atoms with van der Waals surface area (Å²) in [4.78, 5) is 16.3. The number of nitrogens with zero attached hydrogens (tertiary/aromatic N) is 2. The number of carbonyl (C=O) groups is 1. The van der Waals surface area contributed by atoms with Crippen molar-refractivity contribution < 1.29 is 9.18 Å². The third kappa shape index (κ3) is 2.14. The van der Waals surface area contributed by atoms with E-state index in [-0.39, 0.29) is 11.7 Å². The summed E-state index contributed by atoms with van der Waals surface area (Å²) < 4.78 is 14.9. The van der Waals surface area contributed by atoms with Gasteiger partial charge >= 0.3 is 0 Å². The van der Waals surface area contributed by atoms with Crippen molar-refractivity contribution in [3.63, 3.8) is 0 Å². The zero-order chi connectivity index (χ0) is 14.1. The minimum atomic E-state index is -0.350. The molecule has 0 unspecified atom stereocenters. The van der Waals surface area contributed by atoms with Crippen LogP contribution in [0.15, 0.2) is 48.5 Å². The molecule has 0 spiro atoms. The van der Waals surface area contributed by atoms with E-state index in [1.165, 1.54) is 12.1 Å². The Balaban J connectivity index is 1.95. The molecule has 1 N–H and O–H groups in total. The molecule has 1 amide bonds. The SMILES string of the molecule is Cn1c(NC(=O)c2ccccc2)nc2cc(F)ccc21. The summed E-state index contributed by atoms with van der Waals surface area (Å²) in [6.45, 7) is 0. The van der Waals surface area contributed by atoms with Gasteiger partial charge in [0.05, 0.1) is 11.0 Å². The summed E-state index contributed by atoms with van der Waals surface area (Å²) in [7, 11) is 1.77. The molecule has 0 fully saturated rings. The molecule has 1 aromatic heterocycles. The lowest BCUT2D eigenvalue weighted by Gasteiger charge is -2.04. The number of halogens is 1. The molecular weight excluding hydrogens is 257 g/mol. The molecule has 0 saturated heterocycles. The lowest BCUT2D eigenvalue weighted by molar-refractivity contribution is 0.102. The maximum atomic E-state index is 13.2. The van der Waals surface area contributed by atoms with Gasteiger partial charge in [0.1, 0.15) is 5.82 Å². The Labute approximate surface area is 114 Å². The smallest absolute Gasteiger partial charge is 0.257 e. The normalized spacial score (nSPS) is 10.7. The van der Waals surface area contributed by atoms with Crippen LogP contribution < -0.4 is 5.32 Å². The van der Waals surface area contributed by atoms with E-state index in [0.717, 1.165) is 5.52 Å². The average Bonchev–Trinajstić information content (AvgIpc) is 2.75. The van der Waals surface area contributed by atoms with Crippen molar-refractivity contribution in [2.45, 2.75) is 0 Å². The van der Waals surface area contributed by atoms with Crippen molar-refractivity contribution in [1.82, 2.24) is 9.55 Å². The van der Waals surface area contributed by atoms with Gasteiger partial charge in [0.2, 0.25) is 5.95 Å². The summed E-state index contributed by atoms with van der Waals surface area (Å²) in [5, 5.41) is 2.73. The van der Waals surface area contributed by atoms with E-state index in [4.69, 9.17) is 0 Å². The molecule has 3 aromatic rings. The maximum Gasteiger partial charge on any atom is 0.257 e. The van der Waals surface area contributed by atoms with Gasteiger partial charge < -0.3 is 4.57 Å². The highest BCUT2D eigenvalue weighted by Gasteiger charge is 2.12. The Morgan fingerprint density at radius 2 is 1.95 bits per heavy atom. The van der Waals surface area contributed by atoms with E-state index < -0.39 is 0 Å². The number of imidazole rings is 1. The van der Waals surface area contributed by atoms with E-state index in [1.54, 1.807) is 41.9 Å². The van der Waals surface area contributed by atoms with Gasteiger partial charge in [-0.25, -0.2) is 9.37 Å². The zero-order valence-electron chi connectivity index (χ0n) is 10.8. The first-order valence-corrected chi connectivity index (χ1v) is 6.13. The van der Waals surface area contributed by atoms with Crippen molar-refractivity contribution in [2.75, 3.05) is 5.32 Å². The van der Waals surface area contributed by atoms with Crippen molar-refractivity contribution in [3.05, 3.63) is 59.9 Å². The highest BCUT2D eigenvalue weighted by Crippen LogP contribution is 2.19. The summed E-state index contributed by atoms with van der Waals surface area (Å²) in [6.07, 6.45) is 0. The van der Waals surface area contributed by atoms with Crippen LogP contribution in [0, 0.1) is 5.82 Å². The first-order valence-electron chi connectivity index (χ1n) is 6.13. The van der Waals surface area contributed by atoms with E-state index in [0.29, 0.717) is 17.0 Å². The van der Waals surface area contributed by atoms with Gasteiger partial charge in [-0.05, 0) is 24.3 Å². The molecule has 0 aliphatic carbocycles. The summed E-state index contributed by atoms with van der Waals surface area (Å²) >= 11 is 0. The molecule has 100 valence electrons. The largest absolute Gasteiger partial charge is 0.313 e. The topological polar surface area (TPSA) is 46.9 Å². The van der Waals surface area contributed by atoms with Crippen molar-refractivity contribution in [3.8, 4) is 0 Å². The minimum absolute atomic E-state index is 0.246. The molecule has 0 bridgehead atoms. The quantitative estimate of drug-likeness (QED) is 0.777. The molecule has 1 heterocycles. The van der Waals surface area contributed by atoms with E-state index >= 15 is 0 Å². The van der Waals surface area contributed by atoms with Crippen LogP contribution in [-0.4, -0.2) is 15.5 Å². The standard InChI is InChI=1S/C15H12FN3O/c1-19-13-8-7-11(16)9-12(13)17-15(19)18-14(20)10-5-3-2-4-6-10/h2-9H,1H3,(H,17,18,20). The second-order valence-corrected chi connectivity index (χ2v) is 4.45. The highest BCUT2D eigenvalue weighted by atomic mass is 19.1. The molecule has 0 atom stereocenters. The number of nitrogens with one attached hydrogen (secondary N) is 1. The van der Waals surface area contributed by atoms with Crippen LogP contribution in [0.3, 0.4) is 0 Å². The molecular formula is C15H12FN3O. The average molecular weight is 269 g/mol. The molecule has 20 heavy (non-hydrogen) atoms. The number of hydrogen-bond donors (Lipinski definition) is 1. The van der Waals surface area contributed by atoms with Crippen LogP contribution in [0.4, 0.5) is 10.3 Å². The van der Waals surface area contributed by atoms with Gasteiger partial charge in [-0.1, -0.05) is 18.2 Å². The number of anilines is 1. The number of aryl methyl sites for hydroxylation is 1. The number of carbonyl (C=O) groups excluding carboxylic acids is 1. The number of amides is 1. The molecule has 0 aliphatic rings. The highest BCUT2D eigenvalue weighted by molar-refractivity contribution is 6.04. The predicted molar refractivity (Wildman–Crippen MR) is 75.1 cm³/mol. The van der Waals surface area contributed by atoms with E-state index in [1.807, 2.05) is 6.07 Å². The molecule has 0 aliphatic heterocycles. The van der Waals surface area contributed by atoms with Gasteiger partial charge in [-0.2, -0.15) is 0 Å². The first kappa shape index (κ1) is 12.3. The van der Waals surface area contributed by atoms with Gasteiger partial charge in [-0.3, -0.25) is 10.1 Å². The van der Waals surface area contributed by atoms with Gasteiger partial charge in [-0.15, -0.1) is 0 Å². The summed E-state index contributed by atoms with van der Waals surface area (Å²) in [5.74, 6) is -0.208. The monoisotopic (exact) mass is 269 g/mol. The number of rotatable bonds is 2. The van der Waals surface area contributed by atoms with Gasteiger partial charge in [0.15, 0.2) is 0 Å². The van der Waals surface area contributed by atoms with Crippen LogP contribution in [-0.2, 0) is 7.05 Å². The second-order valence-electron chi connectivity index (χ2n) is 4.45. The Hall–Kier alpha value is -2.69. The van der Waals surface area contributed by atoms with Gasteiger partial charge in [0, 0.05) is 18.7 Å². The third-order valence-corrected chi connectivity index (χ3v) is 3.10.